The molecule has 2 aromatic rings. The van der Waals surface area contributed by atoms with Crippen LogP contribution in [0.4, 0.5) is 10.2 Å². The second kappa shape index (κ2) is 4.42. The highest BCUT2D eigenvalue weighted by Gasteiger charge is 2.24. The minimum absolute atomic E-state index is 0.0285. The van der Waals surface area contributed by atoms with Gasteiger partial charge in [-0.25, -0.2) is 14.1 Å². The Morgan fingerprint density at radius 2 is 1.95 bits per heavy atom. The summed E-state index contributed by atoms with van der Waals surface area (Å²) in [6.07, 6.45) is 0. The lowest BCUT2D eigenvalue weighted by molar-refractivity contribution is 0.532. The van der Waals surface area contributed by atoms with Crippen LogP contribution in [0, 0.1) is 5.82 Å². The Morgan fingerprint density at radius 1 is 1.32 bits per heavy atom. The highest BCUT2D eigenvalue weighted by molar-refractivity contribution is 6.31. The van der Waals surface area contributed by atoms with Crippen LogP contribution < -0.4 is 11.6 Å². The molecular formula is C13H16ClFN4. The van der Waals surface area contributed by atoms with E-state index in [9.17, 15) is 4.39 Å². The molecule has 102 valence electrons. The molecule has 0 aliphatic carbocycles. The van der Waals surface area contributed by atoms with Crippen molar-refractivity contribution in [3.05, 3.63) is 34.9 Å². The Labute approximate surface area is 116 Å². The van der Waals surface area contributed by atoms with Crippen molar-refractivity contribution in [3.63, 3.8) is 0 Å². The molecule has 0 unspecified atom stereocenters. The lowest BCUT2D eigenvalue weighted by Crippen LogP contribution is -2.24. The number of hydrogen-bond donors (Lipinski definition) is 2. The zero-order valence-electron chi connectivity index (χ0n) is 11.0. The van der Waals surface area contributed by atoms with Crippen LogP contribution in [0.2, 0.25) is 5.02 Å². The van der Waals surface area contributed by atoms with Crippen LogP contribution >= 0.6 is 11.6 Å². The third kappa shape index (κ3) is 2.38. The molecule has 0 aliphatic rings. The van der Waals surface area contributed by atoms with Crippen molar-refractivity contribution in [1.29, 1.82) is 0 Å². The summed E-state index contributed by atoms with van der Waals surface area (Å²) in [7, 11) is 0. The van der Waals surface area contributed by atoms with Crippen LogP contribution in [0.5, 0.6) is 0 Å². The van der Waals surface area contributed by atoms with Crippen molar-refractivity contribution in [2.45, 2.75) is 26.2 Å². The Kier molecular flexibility index (Phi) is 3.18. The third-order valence-corrected chi connectivity index (χ3v) is 3.10. The fraction of sp³-hybridized carbons (Fsp3) is 0.308. The summed E-state index contributed by atoms with van der Waals surface area (Å²) in [6.45, 7) is 5.96. The molecular weight excluding hydrogens is 267 g/mol. The molecule has 0 saturated carbocycles. The van der Waals surface area contributed by atoms with Crippen molar-refractivity contribution >= 4 is 17.4 Å². The number of nitrogen functional groups attached to an aromatic ring is 2. The summed E-state index contributed by atoms with van der Waals surface area (Å²) in [5, 5.41) is 0.0285. The molecule has 1 heterocycles. The van der Waals surface area contributed by atoms with Crippen molar-refractivity contribution in [3.8, 4) is 11.3 Å². The summed E-state index contributed by atoms with van der Waals surface area (Å²) in [4.78, 5) is 4.45. The Morgan fingerprint density at radius 3 is 2.42 bits per heavy atom. The van der Waals surface area contributed by atoms with Crippen LogP contribution in [0.25, 0.3) is 11.3 Å². The van der Waals surface area contributed by atoms with E-state index in [1.165, 1.54) is 16.8 Å². The van der Waals surface area contributed by atoms with Gasteiger partial charge in [0.25, 0.3) is 0 Å². The van der Waals surface area contributed by atoms with Crippen molar-refractivity contribution in [2.75, 3.05) is 11.6 Å². The lowest BCUT2D eigenvalue weighted by atomic mass is 9.96. The highest BCUT2D eigenvalue weighted by Crippen LogP contribution is 2.31. The second-order valence-corrected chi connectivity index (χ2v) is 5.83. The van der Waals surface area contributed by atoms with Crippen molar-refractivity contribution in [1.82, 2.24) is 9.66 Å². The monoisotopic (exact) mass is 282 g/mol. The number of nitrogens with zero attached hydrogens (tertiary/aromatic N) is 2. The molecule has 19 heavy (non-hydrogen) atoms. The van der Waals surface area contributed by atoms with Gasteiger partial charge in [0.15, 0.2) is 5.82 Å². The van der Waals surface area contributed by atoms with E-state index in [1.807, 2.05) is 20.8 Å². The number of halogens is 2. The van der Waals surface area contributed by atoms with Gasteiger partial charge in [-0.3, -0.25) is 0 Å². The molecule has 0 radical (unpaired) electrons. The first-order valence-corrected chi connectivity index (χ1v) is 6.19. The fourth-order valence-corrected chi connectivity index (χ4v) is 2.01. The van der Waals surface area contributed by atoms with Crippen molar-refractivity contribution < 1.29 is 4.39 Å². The van der Waals surface area contributed by atoms with Crippen LogP contribution in [0.15, 0.2) is 18.2 Å². The molecule has 0 atom stereocenters. The molecule has 0 amide bonds. The van der Waals surface area contributed by atoms with E-state index in [2.05, 4.69) is 4.98 Å². The van der Waals surface area contributed by atoms with Gasteiger partial charge in [-0.05, 0) is 18.2 Å². The van der Waals surface area contributed by atoms with E-state index in [-0.39, 0.29) is 10.4 Å². The third-order valence-electron chi connectivity index (χ3n) is 2.81. The molecule has 2 rings (SSSR count). The number of benzene rings is 1. The molecule has 0 bridgehead atoms. The number of imidazole rings is 1. The zero-order chi connectivity index (χ0) is 14.4. The first-order chi connectivity index (χ1) is 8.71. The van der Waals surface area contributed by atoms with Gasteiger partial charge in [-0.1, -0.05) is 32.4 Å². The number of hydrogen-bond acceptors (Lipinski definition) is 3. The van der Waals surface area contributed by atoms with Gasteiger partial charge >= 0.3 is 0 Å². The van der Waals surface area contributed by atoms with Crippen LogP contribution in [0.3, 0.4) is 0 Å². The smallest absolute Gasteiger partial charge is 0.150 e. The van der Waals surface area contributed by atoms with Gasteiger partial charge in [-0.15, -0.1) is 0 Å². The van der Waals surface area contributed by atoms with Crippen LogP contribution in [-0.4, -0.2) is 9.66 Å². The van der Waals surface area contributed by atoms with Gasteiger partial charge in [0.2, 0.25) is 0 Å². The standard InChI is InChI=1S/C13H16ClFN4/c1-13(2,3)12-18-10(11(16)19(12)17)7-4-5-9(15)8(14)6-7/h4-6H,16-17H2,1-3H3. The lowest BCUT2D eigenvalue weighted by Gasteiger charge is -2.17. The minimum atomic E-state index is -0.479. The van der Waals surface area contributed by atoms with Gasteiger partial charge < -0.3 is 11.6 Å². The molecule has 4 nitrogen and oxygen atoms in total. The molecule has 4 N–H and O–H groups in total. The summed E-state index contributed by atoms with van der Waals surface area (Å²) < 4.78 is 14.5. The average molecular weight is 283 g/mol. The summed E-state index contributed by atoms with van der Waals surface area (Å²) in [5.41, 5.74) is 6.86. The molecule has 1 aromatic heterocycles. The number of anilines is 1. The highest BCUT2D eigenvalue weighted by atomic mass is 35.5. The number of nitrogens with two attached hydrogens (primary N) is 2. The topological polar surface area (TPSA) is 69.9 Å². The van der Waals surface area contributed by atoms with E-state index in [4.69, 9.17) is 23.2 Å². The van der Waals surface area contributed by atoms with Crippen LogP contribution in [0.1, 0.15) is 26.6 Å². The SMILES string of the molecule is CC(C)(C)c1nc(-c2ccc(F)c(Cl)c2)c(N)n1N. The van der Waals surface area contributed by atoms with E-state index < -0.39 is 5.82 Å². The molecule has 0 aliphatic heterocycles. The van der Waals surface area contributed by atoms with Gasteiger partial charge in [0, 0.05) is 11.0 Å². The average Bonchev–Trinajstić information content (AvgIpc) is 2.60. The van der Waals surface area contributed by atoms with E-state index in [0.717, 1.165) is 0 Å². The Balaban J connectivity index is 2.60. The normalized spacial score (nSPS) is 11.8. The second-order valence-electron chi connectivity index (χ2n) is 5.42. The first kappa shape index (κ1) is 13.7. The molecule has 0 spiro atoms. The quantitative estimate of drug-likeness (QED) is 0.790. The predicted molar refractivity (Wildman–Crippen MR) is 75.9 cm³/mol. The Hall–Kier alpha value is -1.75. The Bertz CT molecular complexity index is 628. The molecule has 0 fully saturated rings. The van der Waals surface area contributed by atoms with E-state index in [1.54, 1.807) is 6.07 Å². The summed E-state index contributed by atoms with van der Waals surface area (Å²) in [5.74, 6) is 6.42. The minimum Gasteiger partial charge on any atom is -0.382 e. The molecule has 0 saturated heterocycles. The predicted octanol–water partition coefficient (Wildman–Crippen LogP) is 2.94. The number of rotatable bonds is 1. The number of aromatic nitrogens is 2. The zero-order valence-corrected chi connectivity index (χ0v) is 11.8. The van der Waals surface area contributed by atoms with Gasteiger partial charge in [0.1, 0.15) is 17.3 Å². The summed E-state index contributed by atoms with van der Waals surface area (Å²) in [6, 6.07) is 4.35. The van der Waals surface area contributed by atoms with E-state index >= 15 is 0 Å². The first-order valence-electron chi connectivity index (χ1n) is 5.81. The largest absolute Gasteiger partial charge is 0.382 e. The van der Waals surface area contributed by atoms with Crippen molar-refractivity contribution in [2.24, 2.45) is 0 Å². The molecule has 1 aromatic carbocycles. The maximum atomic E-state index is 13.2. The maximum absolute atomic E-state index is 13.2. The van der Waals surface area contributed by atoms with E-state index in [0.29, 0.717) is 22.9 Å². The van der Waals surface area contributed by atoms with Crippen LogP contribution in [-0.2, 0) is 5.41 Å². The fourth-order valence-electron chi connectivity index (χ4n) is 1.83. The van der Waals surface area contributed by atoms with Gasteiger partial charge in [0.05, 0.1) is 5.02 Å². The maximum Gasteiger partial charge on any atom is 0.150 e. The summed E-state index contributed by atoms with van der Waals surface area (Å²) >= 11 is 5.77. The van der Waals surface area contributed by atoms with Gasteiger partial charge in [-0.2, -0.15) is 0 Å². The molecule has 6 heteroatoms.